The molecule has 0 heterocycles. The molecule has 4 heteroatoms. The van der Waals surface area contributed by atoms with Crippen molar-refractivity contribution < 1.29 is 8.98 Å². The maximum Gasteiger partial charge on any atom is 0.319 e. The van der Waals surface area contributed by atoms with Crippen LogP contribution < -0.4 is 0 Å². The van der Waals surface area contributed by atoms with Crippen LogP contribution in [0.3, 0.4) is 0 Å². The van der Waals surface area contributed by atoms with Crippen LogP contribution in [0.1, 0.15) is 46.5 Å². The van der Waals surface area contributed by atoms with Crippen LogP contribution >= 0.6 is 12.0 Å². The molecule has 94 valence electrons. The summed E-state index contributed by atoms with van der Waals surface area (Å²) in [5, 5.41) is 10.1. The zero-order valence-corrected chi connectivity index (χ0v) is 11.5. The molecule has 3 atom stereocenters. The third kappa shape index (κ3) is 1.85. The molecule has 2 fully saturated rings. The molecule has 3 nitrogen and oxygen atoms in total. The molecular weight excluding hydrogens is 234 g/mol. The van der Waals surface area contributed by atoms with Gasteiger partial charge < -0.3 is 4.18 Å². The van der Waals surface area contributed by atoms with Gasteiger partial charge in [0.2, 0.25) is 0 Å². The van der Waals surface area contributed by atoms with Crippen LogP contribution in [0.2, 0.25) is 0 Å². The van der Waals surface area contributed by atoms with Gasteiger partial charge in [-0.25, -0.2) is 0 Å². The number of fused-ring (bicyclic) bond motifs is 2. The van der Waals surface area contributed by atoms with Gasteiger partial charge in [0.25, 0.3) is 0 Å². The average Bonchev–Trinajstić information content (AvgIpc) is 2.59. The minimum Gasteiger partial charge on any atom is -0.375 e. The van der Waals surface area contributed by atoms with Crippen molar-refractivity contribution in [1.82, 2.24) is 0 Å². The summed E-state index contributed by atoms with van der Waals surface area (Å²) in [6, 6.07) is 0. The fourth-order valence-corrected chi connectivity index (χ4v) is 4.18. The van der Waals surface area contributed by atoms with Gasteiger partial charge in [-0.2, -0.15) is 5.26 Å². The quantitative estimate of drug-likeness (QED) is 0.570. The lowest BCUT2D eigenvalue weighted by molar-refractivity contribution is -0.135. The topological polar surface area (TPSA) is 50.1 Å². The zero-order valence-electron chi connectivity index (χ0n) is 10.7. The molecule has 0 aliphatic heterocycles. The molecular formula is C13H19NO2S. The van der Waals surface area contributed by atoms with Crippen LogP contribution in [-0.4, -0.2) is 5.97 Å². The molecule has 17 heavy (non-hydrogen) atoms. The molecule has 0 saturated heterocycles. The third-order valence-corrected chi connectivity index (χ3v) is 5.90. The van der Waals surface area contributed by atoms with Crippen LogP contribution in [0, 0.1) is 33.3 Å². The summed E-state index contributed by atoms with van der Waals surface area (Å²) in [6.07, 6.45) is 4.11. The lowest BCUT2D eigenvalue weighted by Crippen LogP contribution is -2.33. The zero-order chi connectivity index (χ0) is 12.7. The second-order valence-corrected chi connectivity index (χ2v) is 6.66. The Morgan fingerprint density at radius 1 is 1.53 bits per heavy atom. The Morgan fingerprint density at radius 2 is 2.24 bits per heavy atom. The molecule has 0 radical (unpaired) electrons. The van der Waals surface area contributed by atoms with Gasteiger partial charge in [0.05, 0.1) is 0 Å². The summed E-state index contributed by atoms with van der Waals surface area (Å²) in [7, 11) is 0. The van der Waals surface area contributed by atoms with Crippen molar-refractivity contribution in [1.29, 1.82) is 5.26 Å². The number of carbonyl (C=O) groups excluding carboxylic acids is 1. The number of thiocyanates is 1. The van der Waals surface area contributed by atoms with Crippen molar-refractivity contribution in [3.05, 3.63) is 0 Å². The Hall–Kier alpha value is -0.690. The van der Waals surface area contributed by atoms with Crippen LogP contribution in [0.5, 0.6) is 0 Å². The smallest absolute Gasteiger partial charge is 0.319 e. The van der Waals surface area contributed by atoms with Gasteiger partial charge in [0.15, 0.2) is 17.4 Å². The summed E-state index contributed by atoms with van der Waals surface area (Å²) >= 11 is 0.574. The van der Waals surface area contributed by atoms with E-state index in [1.807, 2.05) is 0 Å². The van der Waals surface area contributed by atoms with Crippen molar-refractivity contribution in [3.63, 3.8) is 0 Å². The minimum absolute atomic E-state index is 0.244. The van der Waals surface area contributed by atoms with Gasteiger partial charge in [0.1, 0.15) is 0 Å². The van der Waals surface area contributed by atoms with Gasteiger partial charge >= 0.3 is 5.97 Å². The summed E-state index contributed by atoms with van der Waals surface area (Å²) in [5.74, 6) is 0.920. The fourth-order valence-electron chi connectivity index (χ4n) is 3.98. The van der Waals surface area contributed by atoms with E-state index in [1.165, 1.54) is 12.8 Å². The summed E-state index contributed by atoms with van der Waals surface area (Å²) < 4.78 is 4.79. The van der Waals surface area contributed by atoms with Crippen molar-refractivity contribution in [2.45, 2.75) is 46.5 Å². The van der Waals surface area contributed by atoms with E-state index >= 15 is 0 Å². The third-order valence-electron chi connectivity index (χ3n) is 5.56. The molecule has 0 aromatic rings. The average molecular weight is 253 g/mol. The first-order valence-corrected chi connectivity index (χ1v) is 6.91. The van der Waals surface area contributed by atoms with Gasteiger partial charge in [-0.15, -0.1) is 0 Å². The maximum absolute atomic E-state index is 11.6. The van der Waals surface area contributed by atoms with Crippen LogP contribution in [-0.2, 0) is 8.98 Å². The van der Waals surface area contributed by atoms with E-state index in [0.717, 1.165) is 12.3 Å². The first-order chi connectivity index (χ1) is 7.91. The molecule has 0 N–H and O–H groups in total. The summed E-state index contributed by atoms with van der Waals surface area (Å²) in [5.41, 5.74) is 0.592. The highest BCUT2D eigenvalue weighted by Crippen LogP contribution is 2.68. The Kier molecular flexibility index (Phi) is 3.15. The second-order valence-electron chi connectivity index (χ2n) is 6.14. The van der Waals surface area contributed by atoms with E-state index < -0.39 is 0 Å². The Labute approximate surface area is 107 Å². The highest BCUT2D eigenvalue weighted by atomic mass is 32.2. The maximum atomic E-state index is 11.6. The van der Waals surface area contributed by atoms with Gasteiger partial charge in [-0.3, -0.25) is 4.79 Å². The molecule has 2 aliphatic carbocycles. The lowest BCUT2D eigenvalue weighted by Gasteiger charge is -2.39. The summed E-state index contributed by atoms with van der Waals surface area (Å²) in [6.45, 7) is 6.98. The second kappa shape index (κ2) is 4.20. The predicted octanol–water partition coefficient (Wildman–Crippen LogP) is 3.51. The lowest BCUT2D eigenvalue weighted by atomic mass is 9.66. The van der Waals surface area contributed by atoms with Crippen molar-refractivity contribution in [3.8, 4) is 5.40 Å². The monoisotopic (exact) mass is 253 g/mol. The summed E-state index contributed by atoms with van der Waals surface area (Å²) in [4.78, 5) is 11.6. The highest BCUT2D eigenvalue weighted by molar-refractivity contribution is 7.99. The van der Waals surface area contributed by atoms with Crippen LogP contribution in [0.15, 0.2) is 0 Å². The van der Waals surface area contributed by atoms with E-state index in [2.05, 4.69) is 20.8 Å². The highest BCUT2D eigenvalue weighted by Gasteiger charge is 2.61. The van der Waals surface area contributed by atoms with E-state index in [1.54, 1.807) is 5.40 Å². The largest absolute Gasteiger partial charge is 0.375 e. The first kappa shape index (κ1) is 12.8. The fraction of sp³-hybridized carbons (Fsp3) is 0.846. The first-order valence-electron chi connectivity index (χ1n) is 6.17. The molecule has 0 aromatic carbocycles. The Balaban J connectivity index is 2.01. The minimum atomic E-state index is -0.244. The molecule has 0 aromatic heterocycles. The van der Waals surface area contributed by atoms with Gasteiger partial charge in [-0.1, -0.05) is 20.8 Å². The molecule has 0 spiro atoms. The molecule has 0 amide bonds. The number of hydrogen-bond donors (Lipinski definition) is 0. The Bertz CT molecular complexity index is 374. The van der Waals surface area contributed by atoms with Crippen molar-refractivity contribution in [2.24, 2.45) is 22.7 Å². The van der Waals surface area contributed by atoms with Crippen molar-refractivity contribution in [2.75, 3.05) is 0 Å². The molecule has 2 rings (SSSR count). The molecule has 3 unspecified atom stereocenters. The Morgan fingerprint density at radius 3 is 2.71 bits per heavy atom. The van der Waals surface area contributed by atoms with E-state index in [4.69, 9.17) is 9.44 Å². The number of hydrogen-bond acceptors (Lipinski definition) is 4. The molecule has 2 aliphatic rings. The SMILES string of the molecule is CC1(C)C2CCC1(C)C(CC(=O)OSC#N)C2. The standard InChI is InChI=1S/C13H19NO2S/c1-12(2)9-4-5-13(12,3)10(6-9)7-11(15)16-17-8-14/h9-10H,4-7H2,1-3H3. The number of nitriles is 1. The number of rotatable bonds is 3. The number of nitrogens with zero attached hydrogens (tertiary/aromatic N) is 1. The van der Waals surface area contributed by atoms with Crippen LogP contribution in [0.25, 0.3) is 0 Å². The van der Waals surface area contributed by atoms with Gasteiger partial charge in [-0.05, 0) is 41.9 Å². The van der Waals surface area contributed by atoms with E-state index in [-0.39, 0.29) is 11.4 Å². The van der Waals surface area contributed by atoms with Crippen LogP contribution in [0.4, 0.5) is 0 Å². The van der Waals surface area contributed by atoms with Crippen molar-refractivity contribution >= 4 is 18.0 Å². The molecule has 2 bridgehead atoms. The predicted molar refractivity (Wildman–Crippen MR) is 66.6 cm³/mol. The van der Waals surface area contributed by atoms with E-state index in [0.29, 0.717) is 29.8 Å². The van der Waals surface area contributed by atoms with Gasteiger partial charge in [0, 0.05) is 6.42 Å². The molecule has 2 saturated carbocycles. The normalized spacial score (nSPS) is 37.8. The van der Waals surface area contributed by atoms with E-state index in [9.17, 15) is 4.79 Å². The number of carbonyl (C=O) groups is 1.